The number of anilines is 1. The van der Waals surface area contributed by atoms with Crippen molar-refractivity contribution in [3.8, 4) is 17.2 Å². The molecule has 0 aliphatic heterocycles. The Balaban J connectivity index is 1.95. The molecule has 0 aliphatic carbocycles. The van der Waals surface area contributed by atoms with E-state index >= 15 is 0 Å². The van der Waals surface area contributed by atoms with E-state index in [0.29, 0.717) is 26.8 Å². The van der Waals surface area contributed by atoms with Crippen molar-refractivity contribution >= 4 is 42.4 Å². The van der Waals surface area contributed by atoms with Crippen molar-refractivity contribution in [2.24, 2.45) is 0 Å². The largest absolute Gasteiger partial charge is 0.493 e. The molecule has 1 aromatic heterocycles. The van der Waals surface area contributed by atoms with Crippen LogP contribution < -0.4 is 19.5 Å². The van der Waals surface area contributed by atoms with Crippen molar-refractivity contribution in [1.82, 2.24) is 4.98 Å². The second-order valence-corrected chi connectivity index (χ2v) is 8.80. The normalized spacial score (nSPS) is 11.3. The lowest BCUT2D eigenvalue weighted by atomic mass is 10.1. The number of aromatic nitrogens is 1. The SMILES string of the molecule is COc1ccc(C(=O)Nc2nc3ccc(S(C)(=O)=O)cc3s2)c(OC)c1OC. The molecule has 0 aliphatic rings. The van der Waals surface area contributed by atoms with Crippen LogP contribution in [-0.4, -0.2) is 46.9 Å². The Morgan fingerprint density at radius 3 is 2.36 bits per heavy atom. The minimum absolute atomic E-state index is 0.197. The number of hydrogen-bond donors (Lipinski definition) is 1. The molecule has 0 spiro atoms. The first kappa shape index (κ1) is 19.9. The zero-order valence-electron chi connectivity index (χ0n) is 15.6. The Kier molecular flexibility index (Phi) is 5.43. The molecule has 1 amide bonds. The molecule has 1 N–H and O–H groups in total. The van der Waals surface area contributed by atoms with E-state index in [-0.39, 0.29) is 16.2 Å². The fraction of sp³-hybridized carbons (Fsp3) is 0.222. The lowest BCUT2D eigenvalue weighted by molar-refractivity contribution is 0.102. The Morgan fingerprint density at radius 2 is 1.75 bits per heavy atom. The number of carbonyl (C=O) groups is 1. The van der Waals surface area contributed by atoms with Crippen molar-refractivity contribution in [1.29, 1.82) is 0 Å². The summed E-state index contributed by atoms with van der Waals surface area (Å²) < 4.78 is 39.9. The Hall–Kier alpha value is -2.85. The van der Waals surface area contributed by atoms with Crippen LogP contribution in [0.15, 0.2) is 35.2 Å². The monoisotopic (exact) mass is 422 g/mol. The van der Waals surface area contributed by atoms with Gasteiger partial charge in [-0.15, -0.1) is 0 Å². The number of amides is 1. The van der Waals surface area contributed by atoms with Crippen molar-refractivity contribution in [3.63, 3.8) is 0 Å². The van der Waals surface area contributed by atoms with Gasteiger partial charge in [-0.2, -0.15) is 0 Å². The topological polar surface area (TPSA) is 104 Å². The second kappa shape index (κ2) is 7.64. The van der Waals surface area contributed by atoms with E-state index in [1.807, 2.05) is 0 Å². The predicted molar refractivity (Wildman–Crippen MR) is 107 cm³/mol. The minimum Gasteiger partial charge on any atom is -0.493 e. The Morgan fingerprint density at radius 1 is 1.04 bits per heavy atom. The maximum atomic E-state index is 12.7. The maximum Gasteiger partial charge on any atom is 0.261 e. The first-order valence-electron chi connectivity index (χ1n) is 7.99. The fourth-order valence-corrected chi connectivity index (χ4v) is 4.26. The smallest absolute Gasteiger partial charge is 0.261 e. The third kappa shape index (κ3) is 3.73. The number of hydrogen-bond acceptors (Lipinski definition) is 8. The van der Waals surface area contributed by atoms with E-state index in [9.17, 15) is 13.2 Å². The number of thiazole rings is 1. The van der Waals surface area contributed by atoms with Crippen LogP contribution in [0.3, 0.4) is 0 Å². The summed E-state index contributed by atoms with van der Waals surface area (Å²) in [7, 11) is 1.05. The number of nitrogens with zero attached hydrogens (tertiary/aromatic N) is 1. The molecule has 148 valence electrons. The second-order valence-electron chi connectivity index (χ2n) is 5.76. The van der Waals surface area contributed by atoms with Gasteiger partial charge < -0.3 is 14.2 Å². The number of methoxy groups -OCH3 is 3. The van der Waals surface area contributed by atoms with Gasteiger partial charge in [0.2, 0.25) is 5.75 Å². The van der Waals surface area contributed by atoms with E-state index in [4.69, 9.17) is 14.2 Å². The average molecular weight is 422 g/mol. The highest BCUT2D eigenvalue weighted by Gasteiger charge is 2.21. The summed E-state index contributed by atoms with van der Waals surface area (Å²) in [6.45, 7) is 0. The molecular weight excluding hydrogens is 404 g/mol. The summed E-state index contributed by atoms with van der Waals surface area (Å²) >= 11 is 1.18. The van der Waals surface area contributed by atoms with Crippen LogP contribution in [-0.2, 0) is 9.84 Å². The van der Waals surface area contributed by atoms with Crippen molar-refractivity contribution in [2.45, 2.75) is 4.90 Å². The number of carbonyl (C=O) groups excluding carboxylic acids is 1. The van der Waals surface area contributed by atoms with Crippen LogP contribution in [0.4, 0.5) is 5.13 Å². The molecule has 3 rings (SSSR count). The third-order valence-corrected chi connectivity index (χ3v) is 6.00. The summed E-state index contributed by atoms with van der Waals surface area (Å²) in [6.07, 6.45) is 1.14. The van der Waals surface area contributed by atoms with E-state index < -0.39 is 15.7 Å². The fourth-order valence-electron chi connectivity index (χ4n) is 2.63. The highest BCUT2D eigenvalue weighted by molar-refractivity contribution is 7.90. The number of nitrogens with one attached hydrogen (secondary N) is 1. The number of benzene rings is 2. The quantitative estimate of drug-likeness (QED) is 0.651. The molecule has 8 nitrogen and oxygen atoms in total. The molecule has 0 bridgehead atoms. The lowest BCUT2D eigenvalue weighted by Crippen LogP contribution is -2.13. The Bertz CT molecular complexity index is 1150. The van der Waals surface area contributed by atoms with Gasteiger partial charge in [0.15, 0.2) is 26.5 Å². The molecule has 0 unspecified atom stereocenters. The van der Waals surface area contributed by atoms with Gasteiger partial charge in [-0.05, 0) is 30.3 Å². The summed E-state index contributed by atoms with van der Waals surface area (Å²) in [5.41, 5.74) is 0.836. The molecule has 0 radical (unpaired) electrons. The third-order valence-electron chi connectivity index (χ3n) is 3.96. The van der Waals surface area contributed by atoms with E-state index in [2.05, 4.69) is 10.3 Å². The standard InChI is InChI=1S/C18H18N2O6S2/c1-24-13-8-6-11(15(25-2)16(13)26-3)17(21)20-18-19-12-7-5-10(28(4,22)23)9-14(12)27-18/h5-9H,1-4H3,(H,19,20,21). The zero-order chi connectivity index (χ0) is 20.5. The number of sulfone groups is 1. The molecule has 0 atom stereocenters. The van der Waals surface area contributed by atoms with Crippen LogP contribution in [0.5, 0.6) is 17.2 Å². The van der Waals surface area contributed by atoms with E-state index in [0.717, 1.165) is 6.26 Å². The summed E-state index contributed by atoms with van der Waals surface area (Å²) in [5.74, 6) is 0.531. The molecular formula is C18H18N2O6S2. The molecule has 0 saturated carbocycles. The zero-order valence-corrected chi connectivity index (χ0v) is 17.2. The van der Waals surface area contributed by atoms with Gasteiger partial charge in [0.05, 0.1) is 42.0 Å². The molecule has 0 fully saturated rings. The van der Waals surface area contributed by atoms with Gasteiger partial charge in [-0.25, -0.2) is 13.4 Å². The highest BCUT2D eigenvalue weighted by atomic mass is 32.2. The maximum absolute atomic E-state index is 12.7. The van der Waals surface area contributed by atoms with E-state index in [1.165, 1.54) is 44.8 Å². The van der Waals surface area contributed by atoms with E-state index in [1.54, 1.807) is 18.2 Å². The molecule has 3 aromatic rings. The highest BCUT2D eigenvalue weighted by Crippen LogP contribution is 2.40. The number of ether oxygens (including phenoxy) is 3. The number of rotatable bonds is 6. The summed E-state index contributed by atoms with van der Waals surface area (Å²) in [4.78, 5) is 17.3. The lowest BCUT2D eigenvalue weighted by Gasteiger charge is -2.15. The predicted octanol–water partition coefficient (Wildman–Crippen LogP) is 2.98. The molecule has 1 heterocycles. The van der Waals surface area contributed by atoms with Crippen molar-refractivity contribution in [2.75, 3.05) is 32.9 Å². The molecule has 0 saturated heterocycles. The van der Waals surface area contributed by atoms with Crippen LogP contribution in [0, 0.1) is 0 Å². The van der Waals surface area contributed by atoms with Crippen molar-refractivity contribution in [3.05, 3.63) is 35.9 Å². The van der Waals surface area contributed by atoms with Gasteiger partial charge in [0.25, 0.3) is 5.91 Å². The van der Waals surface area contributed by atoms with Crippen LogP contribution in [0.2, 0.25) is 0 Å². The Labute approximate surface area is 166 Å². The average Bonchev–Trinajstić information content (AvgIpc) is 3.07. The molecule has 10 heteroatoms. The van der Waals surface area contributed by atoms with Gasteiger partial charge in [-0.3, -0.25) is 10.1 Å². The van der Waals surface area contributed by atoms with Crippen molar-refractivity contribution < 1.29 is 27.4 Å². The van der Waals surface area contributed by atoms with Gasteiger partial charge in [0, 0.05) is 6.26 Å². The van der Waals surface area contributed by atoms with Crippen LogP contribution in [0.1, 0.15) is 10.4 Å². The van der Waals surface area contributed by atoms with Gasteiger partial charge in [-0.1, -0.05) is 11.3 Å². The van der Waals surface area contributed by atoms with Gasteiger partial charge >= 0.3 is 0 Å². The molecule has 28 heavy (non-hydrogen) atoms. The summed E-state index contributed by atoms with van der Waals surface area (Å²) in [6, 6.07) is 7.79. The summed E-state index contributed by atoms with van der Waals surface area (Å²) in [5, 5.41) is 3.05. The molecule has 2 aromatic carbocycles. The number of fused-ring (bicyclic) bond motifs is 1. The van der Waals surface area contributed by atoms with Gasteiger partial charge in [0.1, 0.15) is 0 Å². The van der Waals surface area contributed by atoms with Crippen LogP contribution >= 0.6 is 11.3 Å². The first-order chi connectivity index (χ1) is 13.3. The minimum atomic E-state index is -3.33. The first-order valence-corrected chi connectivity index (χ1v) is 10.7. The van der Waals surface area contributed by atoms with Crippen LogP contribution in [0.25, 0.3) is 10.2 Å².